The van der Waals surface area contributed by atoms with E-state index in [9.17, 15) is 14.4 Å². The van der Waals surface area contributed by atoms with E-state index in [2.05, 4.69) is 0 Å². The first-order chi connectivity index (χ1) is 11.7. The van der Waals surface area contributed by atoms with Gasteiger partial charge in [-0.3, -0.25) is 14.4 Å². The second-order valence-corrected chi connectivity index (χ2v) is 7.44. The monoisotopic (exact) mass is 346 g/mol. The number of hydrogen-bond donors (Lipinski definition) is 0. The number of rotatable bonds is 3. The Morgan fingerprint density at radius 1 is 1.36 bits per heavy atom. The molecular weight excluding hydrogens is 323 g/mol. The van der Waals surface area contributed by atoms with E-state index >= 15 is 4.39 Å². The average molecular weight is 346 g/mol. The molecule has 0 aromatic carbocycles. The van der Waals surface area contributed by atoms with Gasteiger partial charge in [0.05, 0.1) is 7.11 Å². The zero-order chi connectivity index (χ0) is 18.4. The summed E-state index contributed by atoms with van der Waals surface area (Å²) in [6.07, 6.45) is 7.49. The summed E-state index contributed by atoms with van der Waals surface area (Å²) in [6.45, 7) is 3.53. The van der Waals surface area contributed by atoms with Crippen LogP contribution in [0.25, 0.3) is 0 Å². The molecule has 0 saturated heterocycles. The van der Waals surface area contributed by atoms with Crippen LogP contribution < -0.4 is 0 Å². The number of hydrogen-bond acceptors (Lipinski definition) is 4. The zero-order valence-corrected chi connectivity index (χ0v) is 14.8. The maximum absolute atomic E-state index is 16.4. The van der Waals surface area contributed by atoms with Crippen LogP contribution in [0.15, 0.2) is 35.5 Å². The largest absolute Gasteiger partial charge is 0.469 e. The lowest BCUT2D eigenvalue weighted by atomic mass is 9.50. The van der Waals surface area contributed by atoms with Gasteiger partial charge in [0.2, 0.25) is 0 Å². The summed E-state index contributed by atoms with van der Waals surface area (Å²) in [5.41, 5.74) is -1.69. The van der Waals surface area contributed by atoms with Crippen molar-refractivity contribution in [2.45, 2.75) is 45.2 Å². The molecule has 5 heteroatoms. The van der Waals surface area contributed by atoms with Gasteiger partial charge in [-0.15, -0.1) is 0 Å². The van der Waals surface area contributed by atoms with Crippen molar-refractivity contribution in [1.29, 1.82) is 0 Å². The van der Waals surface area contributed by atoms with Gasteiger partial charge in [-0.05, 0) is 57.3 Å². The maximum atomic E-state index is 16.4. The summed E-state index contributed by atoms with van der Waals surface area (Å²) in [4.78, 5) is 36.0. The van der Waals surface area contributed by atoms with Gasteiger partial charge in [-0.1, -0.05) is 17.2 Å². The maximum Gasteiger partial charge on any atom is 0.305 e. The Bertz CT molecular complexity index is 732. The second-order valence-electron chi connectivity index (χ2n) is 7.44. The van der Waals surface area contributed by atoms with Crippen LogP contribution in [0.2, 0.25) is 0 Å². The Labute approximate surface area is 146 Å². The van der Waals surface area contributed by atoms with E-state index in [0.29, 0.717) is 24.8 Å². The summed E-state index contributed by atoms with van der Waals surface area (Å²) < 4.78 is 21.1. The first-order valence-electron chi connectivity index (χ1n) is 8.66. The quantitative estimate of drug-likeness (QED) is 0.736. The highest BCUT2D eigenvalue weighted by Crippen LogP contribution is 2.60. The molecule has 134 valence electrons. The van der Waals surface area contributed by atoms with Gasteiger partial charge in [0, 0.05) is 17.8 Å². The Balaban J connectivity index is 2.02. The molecule has 4 atom stereocenters. The predicted octanol–water partition coefficient (Wildman–Crippen LogP) is 3.27. The number of allylic oxidation sites excluding steroid dienone is 6. The standard InChI is InChI=1S/C20H23FO4/c1-12-10-17(23)20(21)16(15(12)5-7-18(24)25-3)6-4-13-11-14(22)8-9-19(13,20)2/h8-11,15-16H,4-7H2,1-3H3/t15-,16+,19+,20-/m1/s1. The summed E-state index contributed by atoms with van der Waals surface area (Å²) in [7, 11) is 1.33. The SMILES string of the molecule is COC(=O)CC[C@@H]1C(C)=CC(=O)[C@]2(F)[C@H]1CCC1=CC(=O)C=C[C@@]12C. The summed E-state index contributed by atoms with van der Waals surface area (Å²) >= 11 is 0. The number of carbonyl (C=O) groups excluding carboxylic acids is 3. The number of carbonyl (C=O) groups is 3. The van der Waals surface area contributed by atoms with E-state index in [4.69, 9.17) is 4.74 Å². The average Bonchev–Trinajstić information content (AvgIpc) is 2.57. The molecule has 3 aliphatic carbocycles. The van der Waals surface area contributed by atoms with Gasteiger partial charge in [0.15, 0.2) is 17.2 Å². The van der Waals surface area contributed by atoms with Crippen LogP contribution in [0.4, 0.5) is 4.39 Å². The lowest BCUT2D eigenvalue weighted by Crippen LogP contribution is -2.60. The Morgan fingerprint density at radius 2 is 2.08 bits per heavy atom. The molecule has 0 bridgehead atoms. The minimum Gasteiger partial charge on any atom is -0.469 e. The minimum atomic E-state index is -2.09. The first-order valence-corrected chi connectivity index (χ1v) is 8.66. The van der Waals surface area contributed by atoms with Gasteiger partial charge < -0.3 is 4.74 Å². The van der Waals surface area contributed by atoms with Crippen LogP contribution in [0.5, 0.6) is 0 Å². The van der Waals surface area contributed by atoms with Crippen LogP contribution in [-0.4, -0.2) is 30.3 Å². The number of ketones is 2. The number of ether oxygens (including phenoxy) is 1. The van der Waals surface area contributed by atoms with E-state index in [1.54, 1.807) is 13.0 Å². The molecule has 0 aliphatic heterocycles. The number of methoxy groups -OCH3 is 1. The molecule has 25 heavy (non-hydrogen) atoms. The smallest absolute Gasteiger partial charge is 0.305 e. The molecule has 0 unspecified atom stereocenters. The van der Waals surface area contributed by atoms with Crippen molar-refractivity contribution >= 4 is 17.5 Å². The third-order valence-corrected chi connectivity index (χ3v) is 6.23. The molecule has 1 fully saturated rings. The third kappa shape index (κ3) is 2.52. The molecule has 0 amide bonds. The molecule has 0 aromatic heterocycles. The van der Waals surface area contributed by atoms with Crippen molar-refractivity contribution in [2.75, 3.05) is 7.11 Å². The van der Waals surface area contributed by atoms with Crippen molar-refractivity contribution in [3.05, 3.63) is 35.5 Å². The number of halogens is 1. The predicted molar refractivity (Wildman–Crippen MR) is 90.4 cm³/mol. The Morgan fingerprint density at radius 3 is 2.76 bits per heavy atom. The molecule has 3 aliphatic rings. The first kappa shape index (κ1) is 17.8. The van der Waals surface area contributed by atoms with E-state index in [-0.39, 0.29) is 24.1 Å². The Hall–Kier alpha value is -2.04. The van der Waals surface area contributed by atoms with Crippen LogP contribution in [-0.2, 0) is 19.1 Å². The van der Waals surface area contributed by atoms with E-state index < -0.39 is 22.8 Å². The molecule has 0 radical (unpaired) electrons. The van der Waals surface area contributed by atoms with E-state index in [1.807, 2.05) is 6.92 Å². The molecule has 3 rings (SSSR count). The van der Waals surface area contributed by atoms with Crippen LogP contribution in [0.3, 0.4) is 0 Å². The number of alkyl halides is 1. The molecular formula is C20H23FO4. The van der Waals surface area contributed by atoms with Gasteiger partial charge >= 0.3 is 5.97 Å². The fourth-order valence-corrected chi connectivity index (χ4v) is 4.76. The van der Waals surface area contributed by atoms with Gasteiger partial charge in [0.1, 0.15) is 0 Å². The molecule has 0 spiro atoms. The fourth-order valence-electron chi connectivity index (χ4n) is 4.76. The number of esters is 1. The molecule has 0 N–H and O–H groups in total. The van der Waals surface area contributed by atoms with Crippen molar-refractivity contribution in [2.24, 2.45) is 17.3 Å². The molecule has 0 aromatic rings. The fraction of sp³-hybridized carbons (Fsp3) is 0.550. The normalized spacial score (nSPS) is 37.0. The van der Waals surface area contributed by atoms with Crippen molar-refractivity contribution < 1.29 is 23.5 Å². The van der Waals surface area contributed by atoms with Crippen LogP contribution in [0, 0.1) is 17.3 Å². The van der Waals surface area contributed by atoms with Crippen LogP contribution >= 0.6 is 0 Å². The molecule has 4 nitrogen and oxygen atoms in total. The highest BCUT2D eigenvalue weighted by Gasteiger charge is 2.64. The van der Waals surface area contributed by atoms with Crippen LogP contribution in [0.1, 0.15) is 39.5 Å². The lowest BCUT2D eigenvalue weighted by Gasteiger charge is -2.54. The highest BCUT2D eigenvalue weighted by atomic mass is 19.1. The second kappa shape index (κ2) is 6.04. The molecule has 1 saturated carbocycles. The topological polar surface area (TPSA) is 60.4 Å². The van der Waals surface area contributed by atoms with Gasteiger partial charge in [-0.2, -0.15) is 0 Å². The van der Waals surface area contributed by atoms with Crippen molar-refractivity contribution in [3.63, 3.8) is 0 Å². The van der Waals surface area contributed by atoms with E-state index in [1.165, 1.54) is 25.3 Å². The summed E-state index contributed by atoms with van der Waals surface area (Å²) in [5, 5.41) is 0. The highest BCUT2D eigenvalue weighted by molar-refractivity contribution is 6.04. The summed E-state index contributed by atoms with van der Waals surface area (Å²) in [6, 6.07) is 0. The lowest BCUT2D eigenvalue weighted by molar-refractivity contribution is -0.145. The number of fused-ring (bicyclic) bond motifs is 3. The minimum absolute atomic E-state index is 0.160. The van der Waals surface area contributed by atoms with Gasteiger partial charge in [0.25, 0.3) is 0 Å². The van der Waals surface area contributed by atoms with E-state index in [0.717, 1.165) is 5.57 Å². The summed E-state index contributed by atoms with van der Waals surface area (Å²) in [5.74, 6) is -1.72. The molecule has 0 heterocycles. The third-order valence-electron chi connectivity index (χ3n) is 6.23. The van der Waals surface area contributed by atoms with Crippen molar-refractivity contribution in [3.8, 4) is 0 Å². The Kier molecular flexibility index (Phi) is 4.30. The van der Waals surface area contributed by atoms with Crippen molar-refractivity contribution in [1.82, 2.24) is 0 Å². The zero-order valence-electron chi connectivity index (χ0n) is 14.8. The van der Waals surface area contributed by atoms with Gasteiger partial charge in [-0.25, -0.2) is 4.39 Å².